The number of sulfonamides is 1. The van der Waals surface area contributed by atoms with Crippen molar-refractivity contribution in [1.29, 1.82) is 0 Å². The summed E-state index contributed by atoms with van der Waals surface area (Å²) in [5, 5.41) is 3.26. The van der Waals surface area contributed by atoms with Gasteiger partial charge in [0.1, 0.15) is 17.3 Å². The third-order valence-corrected chi connectivity index (χ3v) is 7.51. The molecule has 4 rings (SSSR count). The number of nitrogens with one attached hydrogen (secondary N) is 1. The van der Waals surface area contributed by atoms with Crippen LogP contribution in [-0.4, -0.2) is 48.1 Å². The Bertz CT molecular complexity index is 1260. The van der Waals surface area contributed by atoms with E-state index in [0.717, 1.165) is 37.1 Å². The number of nitrogens with zero attached hydrogens (tertiary/aromatic N) is 3. The Morgan fingerprint density at radius 3 is 2.51 bits per heavy atom. The van der Waals surface area contributed by atoms with Crippen LogP contribution in [0.1, 0.15) is 36.2 Å². The number of halogens is 2. The molecule has 1 saturated heterocycles. The Morgan fingerprint density at radius 1 is 1.03 bits per heavy atom. The van der Waals surface area contributed by atoms with Crippen molar-refractivity contribution in [2.24, 2.45) is 0 Å². The number of benzene rings is 2. The maximum Gasteiger partial charge on any atom is 0.211 e. The summed E-state index contributed by atoms with van der Waals surface area (Å²) in [6.45, 7) is 1.79. The van der Waals surface area contributed by atoms with Gasteiger partial charge in [0.25, 0.3) is 0 Å². The summed E-state index contributed by atoms with van der Waals surface area (Å²) in [6.07, 6.45) is 5.82. The average Bonchev–Trinajstić information content (AvgIpc) is 2.84. The molecule has 0 aliphatic carbocycles. The van der Waals surface area contributed by atoms with Gasteiger partial charge in [-0.25, -0.2) is 27.2 Å². The second-order valence-electron chi connectivity index (χ2n) is 8.96. The summed E-state index contributed by atoms with van der Waals surface area (Å²) < 4.78 is 54.6. The van der Waals surface area contributed by atoms with Gasteiger partial charge in [0.15, 0.2) is 5.82 Å². The van der Waals surface area contributed by atoms with Crippen LogP contribution in [0, 0.1) is 11.6 Å². The van der Waals surface area contributed by atoms with Gasteiger partial charge in [-0.05, 0) is 68.1 Å². The Labute approximate surface area is 205 Å². The molecule has 0 unspecified atom stereocenters. The standard InChI is InChI=1S/C26H30F2N4O2S/c1-35(33,34)32(23-11-13-29-14-12-23)18-20-7-2-8-21(15-20)26-24(28)17-30-25(31-26)10-4-6-19-5-3-9-22(27)16-19/h2-3,5,7-9,15-17,23,29H,4,6,10-14,18H2,1H3. The minimum absolute atomic E-state index is 0.0598. The van der Waals surface area contributed by atoms with Gasteiger partial charge in [0, 0.05) is 24.6 Å². The van der Waals surface area contributed by atoms with E-state index in [1.165, 1.54) is 24.6 Å². The van der Waals surface area contributed by atoms with E-state index in [4.69, 9.17) is 0 Å². The lowest BCUT2D eigenvalue weighted by molar-refractivity contribution is 0.258. The highest BCUT2D eigenvalue weighted by Gasteiger charge is 2.28. The van der Waals surface area contributed by atoms with Crippen LogP contribution in [0.3, 0.4) is 0 Å². The molecule has 1 fully saturated rings. The van der Waals surface area contributed by atoms with Gasteiger partial charge in [0.05, 0.1) is 12.5 Å². The van der Waals surface area contributed by atoms with Gasteiger partial charge < -0.3 is 5.32 Å². The maximum atomic E-state index is 14.7. The Kier molecular flexibility index (Phi) is 8.20. The summed E-state index contributed by atoms with van der Waals surface area (Å²) in [7, 11) is -3.41. The third-order valence-electron chi connectivity index (χ3n) is 6.23. The van der Waals surface area contributed by atoms with E-state index in [9.17, 15) is 17.2 Å². The zero-order valence-corrected chi connectivity index (χ0v) is 20.6. The molecule has 6 nitrogen and oxygen atoms in total. The van der Waals surface area contributed by atoms with Gasteiger partial charge in [-0.1, -0.05) is 30.3 Å². The Morgan fingerprint density at radius 2 is 1.77 bits per heavy atom. The lowest BCUT2D eigenvalue weighted by atomic mass is 10.0. The van der Waals surface area contributed by atoms with Crippen molar-refractivity contribution in [1.82, 2.24) is 19.6 Å². The van der Waals surface area contributed by atoms with Crippen LogP contribution < -0.4 is 5.32 Å². The van der Waals surface area contributed by atoms with Crippen LogP contribution in [-0.2, 0) is 29.4 Å². The number of hydrogen-bond acceptors (Lipinski definition) is 5. The molecule has 3 aromatic rings. The first-order valence-electron chi connectivity index (χ1n) is 11.8. The van der Waals surface area contributed by atoms with E-state index >= 15 is 0 Å². The molecular formula is C26H30F2N4O2S. The number of aryl methyl sites for hydroxylation is 2. The molecule has 1 aromatic heterocycles. The maximum absolute atomic E-state index is 14.7. The van der Waals surface area contributed by atoms with E-state index in [-0.39, 0.29) is 24.1 Å². The molecule has 186 valence electrons. The molecule has 0 bridgehead atoms. The van der Waals surface area contributed by atoms with Gasteiger partial charge in [0.2, 0.25) is 10.0 Å². The number of rotatable bonds is 9. The van der Waals surface area contributed by atoms with Crippen molar-refractivity contribution in [2.75, 3.05) is 19.3 Å². The Hall–Kier alpha value is -2.75. The first-order valence-corrected chi connectivity index (χ1v) is 13.7. The van der Waals surface area contributed by atoms with E-state index in [2.05, 4.69) is 15.3 Å². The summed E-state index contributed by atoms with van der Waals surface area (Å²) in [6, 6.07) is 13.6. The van der Waals surface area contributed by atoms with Crippen LogP contribution in [0.15, 0.2) is 54.7 Å². The van der Waals surface area contributed by atoms with Gasteiger partial charge in [-0.15, -0.1) is 0 Å². The molecule has 0 spiro atoms. The predicted octanol–water partition coefficient (Wildman–Crippen LogP) is 4.11. The van der Waals surface area contributed by atoms with Gasteiger partial charge >= 0.3 is 0 Å². The van der Waals surface area contributed by atoms with E-state index in [1.807, 2.05) is 12.1 Å². The molecule has 35 heavy (non-hydrogen) atoms. The first-order chi connectivity index (χ1) is 16.8. The van der Waals surface area contributed by atoms with E-state index in [1.54, 1.807) is 28.6 Å². The normalized spacial score (nSPS) is 15.0. The van der Waals surface area contributed by atoms with Crippen LogP contribution in [0.4, 0.5) is 8.78 Å². The van der Waals surface area contributed by atoms with E-state index in [0.29, 0.717) is 30.7 Å². The number of aromatic nitrogens is 2. The number of hydrogen-bond donors (Lipinski definition) is 1. The fraction of sp³-hybridized carbons (Fsp3) is 0.385. The zero-order valence-electron chi connectivity index (χ0n) is 19.8. The average molecular weight is 501 g/mol. The summed E-state index contributed by atoms with van der Waals surface area (Å²) in [5.74, 6) is -0.290. The van der Waals surface area contributed by atoms with Crippen LogP contribution in [0.2, 0.25) is 0 Å². The fourth-order valence-corrected chi connectivity index (χ4v) is 5.61. The minimum Gasteiger partial charge on any atom is -0.317 e. The summed E-state index contributed by atoms with van der Waals surface area (Å²) >= 11 is 0. The highest BCUT2D eigenvalue weighted by molar-refractivity contribution is 7.88. The van der Waals surface area contributed by atoms with E-state index < -0.39 is 15.8 Å². The molecule has 9 heteroatoms. The molecule has 0 radical (unpaired) electrons. The van der Waals surface area contributed by atoms with Crippen molar-refractivity contribution >= 4 is 10.0 Å². The zero-order chi connectivity index (χ0) is 24.8. The SMILES string of the molecule is CS(=O)(=O)N(Cc1cccc(-c2nc(CCCc3cccc(F)c3)ncc2F)c1)C1CCNCC1. The largest absolute Gasteiger partial charge is 0.317 e. The van der Waals surface area contributed by atoms with Crippen LogP contribution in [0.25, 0.3) is 11.3 Å². The molecular weight excluding hydrogens is 470 g/mol. The topological polar surface area (TPSA) is 75.2 Å². The molecule has 2 aromatic carbocycles. The van der Waals surface area contributed by atoms with Crippen molar-refractivity contribution in [3.05, 3.63) is 83.3 Å². The van der Waals surface area contributed by atoms with Gasteiger partial charge in [-0.2, -0.15) is 4.31 Å². The minimum atomic E-state index is -3.41. The summed E-state index contributed by atoms with van der Waals surface area (Å²) in [5.41, 5.74) is 2.43. The molecule has 1 aliphatic rings. The van der Waals surface area contributed by atoms with Crippen LogP contribution in [0.5, 0.6) is 0 Å². The lowest BCUT2D eigenvalue weighted by Crippen LogP contribution is -2.45. The van der Waals surface area contributed by atoms with Crippen molar-refractivity contribution < 1.29 is 17.2 Å². The quantitative estimate of drug-likeness (QED) is 0.479. The second-order valence-corrected chi connectivity index (χ2v) is 10.9. The van der Waals surface area contributed by atoms with Crippen molar-refractivity contribution in [3.8, 4) is 11.3 Å². The first kappa shape index (κ1) is 25.3. The smallest absolute Gasteiger partial charge is 0.211 e. The molecule has 1 N–H and O–H groups in total. The predicted molar refractivity (Wildman–Crippen MR) is 132 cm³/mol. The number of piperidine rings is 1. The second kappa shape index (κ2) is 11.3. The molecule has 2 heterocycles. The molecule has 0 amide bonds. The van der Waals surface area contributed by atoms with Gasteiger partial charge in [-0.3, -0.25) is 0 Å². The molecule has 1 aliphatic heterocycles. The third kappa shape index (κ3) is 6.90. The highest BCUT2D eigenvalue weighted by atomic mass is 32.2. The van der Waals surface area contributed by atoms with Crippen LogP contribution >= 0.6 is 0 Å². The molecule has 0 atom stereocenters. The van der Waals surface area contributed by atoms with Crippen molar-refractivity contribution in [3.63, 3.8) is 0 Å². The highest BCUT2D eigenvalue weighted by Crippen LogP contribution is 2.25. The Balaban J connectivity index is 1.49. The monoisotopic (exact) mass is 500 g/mol. The summed E-state index contributed by atoms with van der Waals surface area (Å²) in [4.78, 5) is 8.57. The lowest BCUT2D eigenvalue weighted by Gasteiger charge is -2.32. The van der Waals surface area contributed by atoms with Crippen molar-refractivity contribution in [2.45, 2.75) is 44.7 Å². The molecule has 0 saturated carbocycles. The fourth-order valence-electron chi connectivity index (χ4n) is 4.48.